The van der Waals surface area contributed by atoms with Crippen molar-refractivity contribution in [2.45, 2.75) is 50.5 Å². The lowest BCUT2D eigenvalue weighted by Crippen LogP contribution is -2.48. The molecule has 0 unspecified atom stereocenters. The van der Waals surface area contributed by atoms with Crippen LogP contribution in [0.3, 0.4) is 0 Å². The molecule has 4 bridgehead atoms. The summed E-state index contributed by atoms with van der Waals surface area (Å²) in [5.41, 5.74) is 4.27. The number of rotatable bonds is 8. The maximum absolute atomic E-state index is 12.8. The normalized spacial score (nSPS) is 28.3. The fourth-order valence-electron chi connectivity index (χ4n) is 7.88. The summed E-state index contributed by atoms with van der Waals surface area (Å²) in [6.07, 6.45) is 9.15. The first-order chi connectivity index (χ1) is 18.3. The van der Waals surface area contributed by atoms with Gasteiger partial charge in [-0.25, -0.2) is 8.42 Å². The van der Waals surface area contributed by atoms with Gasteiger partial charge in [-0.1, -0.05) is 24.3 Å². The molecule has 1 saturated heterocycles. The summed E-state index contributed by atoms with van der Waals surface area (Å²) in [6, 6.07) is 16.1. The molecule has 38 heavy (non-hydrogen) atoms. The Morgan fingerprint density at radius 2 is 1.53 bits per heavy atom. The van der Waals surface area contributed by atoms with Crippen molar-refractivity contribution in [3.63, 3.8) is 0 Å². The second-order valence-electron chi connectivity index (χ2n) is 12.1. The Hall–Kier alpha value is -2.58. The van der Waals surface area contributed by atoms with Crippen molar-refractivity contribution >= 4 is 27.3 Å². The number of carbonyl (C=O) groups is 1. The summed E-state index contributed by atoms with van der Waals surface area (Å²) in [7, 11) is -3.62. The number of hydrogen-bond acceptors (Lipinski definition) is 5. The summed E-state index contributed by atoms with van der Waals surface area (Å²) < 4.78 is 32.0. The molecule has 2 aromatic rings. The van der Waals surface area contributed by atoms with Gasteiger partial charge in [-0.3, -0.25) is 9.10 Å². The second kappa shape index (κ2) is 10.2. The zero-order valence-corrected chi connectivity index (χ0v) is 23.1. The maximum atomic E-state index is 12.8. The lowest BCUT2D eigenvalue weighted by Gasteiger charge is -2.57. The summed E-state index contributed by atoms with van der Waals surface area (Å²) in [6.45, 7) is 3.34. The molecule has 5 aliphatic rings. The monoisotopic (exact) mass is 537 g/mol. The van der Waals surface area contributed by atoms with Crippen LogP contribution in [0.2, 0.25) is 0 Å². The number of amides is 1. The Labute approximate surface area is 226 Å². The van der Waals surface area contributed by atoms with Crippen LogP contribution in [-0.4, -0.2) is 53.4 Å². The molecule has 0 radical (unpaired) electrons. The fourth-order valence-corrected chi connectivity index (χ4v) is 8.74. The standard InChI is InChI=1S/C30H39N3O4S/c1-38(35,36)33(21-29(34)31-20-22-2-6-27(7-3-22)32-10-12-37-13-11-32)28-8-4-26(5-9-28)30-17-23-14-24(18-30)16-25(15-23)19-30/h2-9,23-25H,10-21H2,1H3,(H,31,34). The number of ether oxygens (including phenoxy) is 1. The van der Waals surface area contributed by atoms with Crippen LogP contribution in [0.1, 0.15) is 49.7 Å². The van der Waals surface area contributed by atoms with Gasteiger partial charge in [0.1, 0.15) is 6.54 Å². The second-order valence-corrected chi connectivity index (χ2v) is 14.0. The molecule has 1 aliphatic heterocycles. The van der Waals surface area contributed by atoms with E-state index < -0.39 is 10.0 Å². The highest BCUT2D eigenvalue weighted by Crippen LogP contribution is 2.60. The van der Waals surface area contributed by atoms with Crippen LogP contribution >= 0.6 is 0 Å². The lowest BCUT2D eigenvalue weighted by molar-refractivity contribution is -0.119. The van der Waals surface area contributed by atoms with Gasteiger partial charge in [-0.15, -0.1) is 0 Å². The fraction of sp³-hybridized carbons (Fsp3) is 0.567. The van der Waals surface area contributed by atoms with Gasteiger partial charge >= 0.3 is 0 Å². The lowest BCUT2D eigenvalue weighted by atomic mass is 9.48. The first-order valence-corrected chi connectivity index (χ1v) is 15.9. The van der Waals surface area contributed by atoms with Crippen molar-refractivity contribution in [3.8, 4) is 0 Å². The van der Waals surface area contributed by atoms with E-state index in [0.717, 1.165) is 61.6 Å². The van der Waals surface area contributed by atoms with Gasteiger partial charge in [0.15, 0.2) is 0 Å². The average Bonchev–Trinajstić information content (AvgIpc) is 2.90. The minimum atomic E-state index is -3.62. The molecule has 7 nitrogen and oxygen atoms in total. The first-order valence-electron chi connectivity index (χ1n) is 14.0. The molecule has 5 fully saturated rings. The molecule has 204 valence electrons. The number of carbonyl (C=O) groups excluding carboxylic acids is 1. The molecule has 7 rings (SSSR count). The van der Waals surface area contributed by atoms with Crippen molar-refractivity contribution in [1.29, 1.82) is 0 Å². The molecule has 1 N–H and O–H groups in total. The van der Waals surface area contributed by atoms with Crippen LogP contribution in [-0.2, 0) is 31.5 Å². The quantitative estimate of drug-likeness (QED) is 0.549. The first kappa shape index (κ1) is 25.7. The third-order valence-corrected chi connectivity index (χ3v) is 10.4. The summed E-state index contributed by atoms with van der Waals surface area (Å²) >= 11 is 0. The van der Waals surface area contributed by atoms with E-state index in [0.29, 0.717) is 12.2 Å². The Balaban J connectivity index is 1.09. The van der Waals surface area contributed by atoms with Crippen molar-refractivity contribution in [2.75, 3.05) is 48.3 Å². The molecule has 0 spiro atoms. The largest absolute Gasteiger partial charge is 0.378 e. The maximum Gasteiger partial charge on any atom is 0.241 e. The van der Waals surface area contributed by atoms with E-state index in [1.54, 1.807) is 0 Å². The van der Waals surface area contributed by atoms with E-state index in [1.165, 1.54) is 48.4 Å². The number of benzene rings is 2. The molecular formula is C30H39N3O4S. The predicted molar refractivity (Wildman–Crippen MR) is 150 cm³/mol. The topological polar surface area (TPSA) is 79.0 Å². The van der Waals surface area contributed by atoms with Crippen LogP contribution in [0.5, 0.6) is 0 Å². The van der Waals surface area contributed by atoms with Crippen LogP contribution in [0, 0.1) is 17.8 Å². The number of hydrogen-bond donors (Lipinski definition) is 1. The zero-order chi connectivity index (χ0) is 26.3. The Morgan fingerprint density at radius 3 is 2.08 bits per heavy atom. The van der Waals surface area contributed by atoms with E-state index >= 15 is 0 Å². The number of sulfonamides is 1. The van der Waals surface area contributed by atoms with E-state index in [2.05, 4.69) is 34.5 Å². The van der Waals surface area contributed by atoms with Gasteiger partial charge in [0, 0.05) is 25.3 Å². The number of nitrogens with one attached hydrogen (secondary N) is 1. The average molecular weight is 538 g/mol. The molecule has 0 atom stereocenters. The highest BCUT2D eigenvalue weighted by molar-refractivity contribution is 7.92. The SMILES string of the molecule is CS(=O)(=O)N(CC(=O)NCc1ccc(N2CCOCC2)cc1)c1ccc(C23CC4CC(CC(C4)C2)C3)cc1. The number of morpholine rings is 1. The highest BCUT2D eigenvalue weighted by atomic mass is 32.2. The van der Waals surface area contributed by atoms with Crippen molar-refractivity contribution in [3.05, 3.63) is 59.7 Å². The Bertz CT molecular complexity index is 1220. The Morgan fingerprint density at radius 1 is 0.947 bits per heavy atom. The van der Waals surface area contributed by atoms with Crippen LogP contribution in [0.4, 0.5) is 11.4 Å². The van der Waals surface area contributed by atoms with Crippen LogP contribution < -0.4 is 14.5 Å². The van der Waals surface area contributed by atoms with E-state index in [4.69, 9.17) is 4.74 Å². The highest BCUT2D eigenvalue weighted by Gasteiger charge is 2.51. The van der Waals surface area contributed by atoms with Crippen LogP contribution in [0.15, 0.2) is 48.5 Å². The molecule has 2 aromatic carbocycles. The molecule has 4 aliphatic carbocycles. The van der Waals surface area contributed by atoms with Gasteiger partial charge in [-0.05, 0) is 97.1 Å². The van der Waals surface area contributed by atoms with Gasteiger partial charge in [0.05, 0.1) is 25.2 Å². The predicted octanol–water partition coefficient (Wildman–Crippen LogP) is 4.07. The van der Waals surface area contributed by atoms with Gasteiger partial charge < -0.3 is 15.0 Å². The van der Waals surface area contributed by atoms with Gasteiger partial charge in [-0.2, -0.15) is 0 Å². The van der Waals surface area contributed by atoms with Crippen molar-refractivity contribution in [2.24, 2.45) is 17.8 Å². The minimum absolute atomic E-state index is 0.235. The number of anilines is 2. The van der Waals surface area contributed by atoms with E-state index in [9.17, 15) is 13.2 Å². The van der Waals surface area contributed by atoms with Crippen molar-refractivity contribution in [1.82, 2.24) is 5.32 Å². The Kier molecular flexibility index (Phi) is 6.89. The molecule has 1 amide bonds. The van der Waals surface area contributed by atoms with Gasteiger partial charge in [0.2, 0.25) is 15.9 Å². The van der Waals surface area contributed by atoms with Crippen LogP contribution in [0.25, 0.3) is 0 Å². The van der Waals surface area contributed by atoms with E-state index in [-0.39, 0.29) is 17.9 Å². The minimum Gasteiger partial charge on any atom is -0.378 e. The van der Waals surface area contributed by atoms with Crippen molar-refractivity contribution < 1.29 is 17.9 Å². The molecule has 8 heteroatoms. The molecule has 4 saturated carbocycles. The number of nitrogens with zero attached hydrogens (tertiary/aromatic N) is 2. The molecular weight excluding hydrogens is 498 g/mol. The summed E-state index contributed by atoms with van der Waals surface area (Å²) in [5, 5.41) is 2.89. The van der Waals surface area contributed by atoms with E-state index in [1.807, 2.05) is 24.3 Å². The van der Waals surface area contributed by atoms with Gasteiger partial charge in [0.25, 0.3) is 0 Å². The smallest absolute Gasteiger partial charge is 0.241 e. The third-order valence-electron chi connectivity index (χ3n) is 9.30. The molecule has 1 heterocycles. The molecule has 0 aromatic heterocycles. The summed E-state index contributed by atoms with van der Waals surface area (Å²) in [4.78, 5) is 15.1. The summed E-state index contributed by atoms with van der Waals surface area (Å²) in [5.74, 6) is 2.24. The third kappa shape index (κ3) is 5.30. The zero-order valence-electron chi connectivity index (χ0n) is 22.3.